The van der Waals surface area contributed by atoms with Crippen LogP contribution < -0.4 is 5.32 Å². The number of rotatable bonds is 6. The summed E-state index contributed by atoms with van der Waals surface area (Å²) >= 11 is 6.07. The van der Waals surface area contributed by atoms with Gasteiger partial charge in [0.05, 0.1) is 6.10 Å². The lowest BCUT2D eigenvalue weighted by Gasteiger charge is -2.65. The SMILES string of the molecule is C[C@H]1CC2C3CCC4CC(=O)CC[C@]4(C)[C@@]3(F)[C@@H](O)C[C@]2(C)[C@@]1(O)C(=O)COC(=O)C(Cl)CNC(=O)OC(C)(C)C. The summed E-state index contributed by atoms with van der Waals surface area (Å²) in [5.74, 6) is -3.22. The van der Waals surface area contributed by atoms with Gasteiger partial charge in [-0.1, -0.05) is 20.8 Å². The smallest absolute Gasteiger partial charge is 0.407 e. The number of aliphatic hydroxyl groups is 2. The van der Waals surface area contributed by atoms with Crippen molar-refractivity contribution in [2.45, 2.75) is 115 Å². The van der Waals surface area contributed by atoms with Crippen molar-refractivity contribution in [1.82, 2.24) is 5.32 Å². The number of amides is 1. The van der Waals surface area contributed by atoms with Crippen molar-refractivity contribution in [3.63, 3.8) is 0 Å². The second-order valence-electron chi connectivity index (χ2n) is 14.3. The minimum atomic E-state index is -1.96. The monoisotopic (exact) mass is 601 g/mol. The first-order valence-electron chi connectivity index (χ1n) is 14.7. The molecule has 0 heterocycles. The van der Waals surface area contributed by atoms with Gasteiger partial charge in [0, 0.05) is 30.2 Å². The van der Waals surface area contributed by atoms with E-state index in [9.17, 15) is 29.4 Å². The van der Waals surface area contributed by atoms with Crippen molar-refractivity contribution < 1.29 is 43.3 Å². The van der Waals surface area contributed by atoms with Crippen molar-refractivity contribution in [3.8, 4) is 0 Å². The number of alkyl halides is 2. The number of ether oxygens (including phenoxy) is 2. The number of hydrogen-bond acceptors (Lipinski definition) is 8. The van der Waals surface area contributed by atoms with E-state index in [4.69, 9.17) is 21.1 Å². The standard InChI is InChI=1S/C30H45ClFNO8/c1-16-11-20-19-8-7-17-12-18(34)9-10-27(17,5)29(19,32)22(35)13-28(20,6)30(16,39)23(36)15-40-24(37)21(31)14-33-25(38)41-26(2,3)4/h16-17,19-22,35,39H,7-15H2,1-6H3,(H,33,38)/t16-,17?,19?,20?,21?,22-,27-,28-,29-,30-/m0/s1. The molecule has 4 unspecified atom stereocenters. The molecule has 0 spiro atoms. The molecule has 3 N–H and O–H groups in total. The molecule has 232 valence electrons. The lowest BCUT2D eigenvalue weighted by Crippen LogP contribution is -2.71. The van der Waals surface area contributed by atoms with Crippen LogP contribution in [-0.4, -0.2) is 75.3 Å². The molecule has 4 aliphatic rings. The molecule has 0 saturated heterocycles. The van der Waals surface area contributed by atoms with E-state index in [1.54, 1.807) is 34.6 Å². The normalized spacial score (nSPS) is 42.8. The number of esters is 1. The first kappa shape index (κ1) is 32.1. The van der Waals surface area contributed by atoms with Crippen LogP contribution in [0.5, 0.6) is 0 Å². The van der Waals surface area contributed by atoms with Gasteiger partial charge in [0.25, 0.3) is 0 Å². The van der Waals surface area contributed by atoms with E-state index >= 15 is 4.39 Å². The molecule has 0 aromatic carbocycles. The predicted molar refractivity (Wildman–Crippen MR) is 148 cm³/mol. The van der Waals surface area contributed by atoms with Gasteiger partial charge in [-0.25, -0.2) is 9.18 Å². The predicted octanol–water partition coefficient (Wildman–Crippen LogP) is 3.88. The number of Topliss-reactive ketones (excluding diaryl/α,β-unsaturated/α-hetero) is 2. The van der Waals surface area contributed by atoms with Gasteiger partial charge in [-0.3, -0.25) is 14.4 Å². The fourth-order valence-corrected chi connectivity index (χ4v) is 9.03. The Balaban J connectivity index is 1.47. The van der Waals surface area contributed by atoms with Crippen LogP contribution in [0.25, 0.3) is 0 Å². The quantitative estimate of drug-likeness (QED) is 0.308. The van der Waals surface area contributed by atoms with E-state index in [1.165, 1.54) is 0 Å². The molecule has 0 radical (unpaired) electrons. The second-order valence-corrected chi connectivity index (χ2v) is 14.9. The molecule has 1 amide bonds. The molecule has 9 nitrogen and oxygen atoms in total. The van der Waals surface area contributed by atoms with Crippen LogP contribution >= 0.6 is 11.6 Å². The number of fused-ring (bicyclic) bond motifs is 5. The maximum Gasteiger partial charge on any atom is 0.407 e. The molecule has 4 rings (SSSR count). The second kappa shape index (κ2) is 10.7. The number of carbonyl (C=O) groups is 4. The summed E-state index contributed by atoms with van der Waals surface area (Å²) in [7, 11) is 0. The Labute approximate surface area is 246 Å². The topological polar surface area (TPSA) is 139 Å². The molecule has 10 atom stereocenters. The van der Waals surface area contributed by atoms with Gasteiger partial charge in [-0.2, -0.15) is 0 Å². The molecular weight excluding hydrogens is 557 g/mol. The fraction of sp³-hybridized carbons (Fsp3) is 0.867. The minimum Gasteiger partial charge on any atom is -0.456 e. The highest BCUT2D eigenvalue weighted by Crippen LogP contribution is 2.71. The molecular formula is C30H45ClFNO8. The molecule has 4 aliphatic carbocycles. The van der Waals surface area contributed by atoms with Crippen LogP contribution in [-0.2, 0) is 23.9 Å². The zero-order valence-corrected chi connectivity index (χ0v) is 25.7. The van der Waals surface area contributed by atoms with E-state index in [2.05, 4.69) is 5.32 Å². The van der Waals surface area contributed by atoms with Crippen LogP contribution in [0.4, 0.5) is 9.18 Å². The first-order chi connectivity index (χ1) is 18.8. The fourth-order valence-electron chi connectivity index (χ4n) is 8.89. The highest BCUT2D eigenvalue weighted by molar-refractivity contribution is 6.30. The van der Waals surface area contributed by atoms with Crippen molar-refractivity contribution in [2.75, 3.05) is 13.2 Å². The van der Waals surface area contributed by atoms with E-state index in [1.807, 2.05) is 6.92 Å². The number of nitrogens with one attached hydrogen (secondary N) is 1. The third-order valence-corrected chi connectivity index (χ3v) is 11.3. The largest absolute Gasteiger partial charge is 0.456 e. The van der Waals surface area contributed by atoms with Crippen molar-refractivity contribution in [2.24, 2.45) is 34.5 Å². The third kappa shape index (κ3) is 5.09. The van der Waals surface area contributed by atoms with Crippen LogP contribution in [0.15, 0.2) is 0 Å². The Morgan fingerprint density at radius 3 is 2.46 bits per heavy atom. The number of alkyl carbamates (subject to hydrolysis) is 1. The van der Waals surface area contributed by atoms with Crippen LogP contribution in [0.3, 0.4) is 0 Å². The summed E-state index contributed by atoms with van der Waals surface area (Å²) in [6, 6.07) is 0. The summed E-state index contributed by atoms with van der Waals surface area (Å²) in [6.45, 7) is 9.35. The lowest BCUT2D eigenvalue weighted by atomic mass is 9.42. The van der Waals surface area contributed by atoms with E-state index in [-0.39, 0.29) is 30.6 Å². The Bertz CT molecular complexity index is 1100. The van der Waals surface area contributed by atoms with Gasteiger partial charge in [-0.05, 0) is 76.5 Å². The zero-order chi connectivity index (χ0) is 30.8. The van der Waals surface area contributed by atoms with E-state index < -0.39 is 75.5 Å². The average Bonchev–Trinajstić information content (AvgIpc) is 3.07. The number of carbonyl (C=O) groups excluding carboxylic acids is 4. The van der Waals surface area contributed by atoms with Crippen molar-refractivity contribution in [1.29, 1.82) is 0 Å². The molecule has 11 heteroatoms. The van der Waals surface area contributed by atoms with Gasteiger partial charge >= 0.3 is 12.1 Å². The number of halogens is 2. The van der Waals surface area contributed by atoms with E-state index in [0.29, 0.717) is 38.5 Å². The highest BCUT2D eigenvalue weighted by atomic mass is 35.5. The number of aliphatic hydroxyl groups excluding tert-OH is 1. The third-order valence-electron chi connectivity index (χ3n) is 11.0. The Morgan fingerprint density at radius 1 is 1.17 bits per heavy atom. The first-order valence-corrected chi connectivity index (χ1v) is 15.2. The van der Waals surface area contributed by atoms with Gasteiger partial charge in [0.15, 0.2) is 6.61 Å². The maximum atomic E-state index is 17.4. The van der Waals surface area contributed by atoms with Crippen LogP contribution in [0.2, 0.25) is 0 Å². The molecule has 0 aromatic heterocycles. The summed E-state index contributed by atoms with van der Waals surface area (Å²) in [4.78, 5) is 50.1. The van der Waals surface area contributed by atoms with Crippen LogP contribution in [0.1, 0.15) is 86.5 Å². The highest BCUT2D eigenvalue weighted by Gasteiger charge is 2.76. The summed E-state index contributed by atoms with van der Waals surface area (Å²) in [6.07, 6.45) is 0.183. The Kier molecular flexibility index (Phi) is 8.42. The molecule has 4 fully saturated rings. The molecule has 0 aromatic rings. The lowest BCUT2D eigenvalue weighted by molar-refractivity contribution is -0.255. The maximum absolute atomic E-state index is 17.4. The summed E-state index contributed by atoms with van der Waals surface area (Å²) in [5.41, 5.74) is -6.65. The minimum absolute atomic E-state index is 0.126. The van der Waals surface area contributed by atoms with Crippen molar-refractivity contribution >= 4 is 35.2 Å². The molecule has 41 heavy (non-hydrogen) atoms. The summed E-state index contributed by atoms with van der Waals surface area (Å²) in [5, 5.41) is 24.6. The number of ketones is 2. The van der Waals surface area contributed by atoms with Gasteiger partial charge in [0.1, 0.15) is 28.0 Å². The van der Waals surface area contributed by atoms with E-state index in [0.717, 1.165) is 0 Å². The van der Waals surface area contributed by atoms with Crippen LogP contribution in [0, 0.1) is 34.5 Å². The zero-order valence-electron chi connectivity index (χ0n) is 24.9. The van der Waals surface area contributed by atoms with Crippen molar-refractivity contribution in [3.05, 3.63) is 0 Å². The average molecular weight is 602 g/mol. The number of hydrogen-bond donors (Lipinski definition) is 3. The molecule has 4 saturated carbocycles. The Morgan fingerprint density at radius 2 is 1.83 bits per heavy atom. The van der Waals surface area contributed by atoms with Gasteiger partial charge in [-0.15, -0.1) is 11.6 Å². The molecule has 0 bridgehead atoms. The van der Waals surface area contributed by atoms with Gasteiger partial charge in [0.2, 0.25) is 5.78 Å². The summed E-state index contributed by atoms with van der Waals surface area (Å²) < 4.78 is 27.6. The Hall–Kier alpha value is -1.78. The van der Waals surface area contributed by atoms with Gasteiger partial charge < -0.3 is 25.0 Å². The molecule has 0 aliphatic heterocycles.